The maximum absolute atomic E-state index is 13.4. The Morgan fingerprint density at radius 3 is 2.59 bits per heavy atom. The van der Waals surface area contributed by atoms with Crippen LogP contribution in [0.5, 0.6) is 5.75 Å². The summed E-state index contributed by atoms with van der Waals surface area (Å²) in [5, 5.41) is 5.64. The number of amides is 2. The molecule has 0 aromatic heterocycles. The van der Waals surface area contributed by atoms with Gasteiger partial charge in [-0.2, -0.15) is 0 Å². The first-order valence-electron chi connectivity index (χ1n) is 9.77. The molecular weight excluding hydrogens is 373 g/mol. The van der Waals surface area contributed by atoms with Gasteiger partial charge >= 0.3 is 0 Å². The van der Waals surface area contributed by atoms with Crippen molar-refractivity contribution in [3.8, 4) is 5.75 Å². The molecule has 2 saturated carbocycles. The number of nitrogens with two attached hydrogens (primary N) is 1. The molecule has 0 saturated heterocycles. The molecule has 2 aliphatic rings. The van der Waals surface area contributed by atoms with E-state index in [0.29, 0.717) is 29.0 Å². The highest BCUT2D eigenvalue weighted by Gasteiger charge is 2.49. The third-order valence-electron chi connectivity index (χ3n) is 6.09. The van der Waals surface area contributed by atoms with Gasteiger partial charge in [0.1, 0.15) is 11.6 Å². The highest BCUT2D eigenvalue weighted by atomic mass is 19.1. The summed E-state index contributed by atoms with van der Waals surface area (Å²) in [5.41, 5.74) is 7.39. The van der Waals surface area contributed by atoms with E-state index in [1.54, 1.807) is 18.2 Å². The van der Waals surface area contributed by atoms with Crippen LogP contribution < -0.4 is 21.1 Å². The Labute approximate surface area is 168 Å². The molecule has 2 fully saturated rings. The van der Waals surface area contributed by atoms with E-state index in [1.807, 2.05) is 0 Å². The molecule has 2 amide bonds. The van der Waals surface area contributed by atoms with Gasteiger partial charge in [0.2, 0.25) is 5.91 Å². The molecule has 4 unspecified atom stereocenters. The van der Waals surface area contributed by atoms with Crippen LogP contribution in [0.2, 0.25) is 0 Å². The first-order valence-corrected chi connectivity index (χ1v) is 9.77. The van der Waals surface area contributed by atoms with E-state index in [1.165, 1.54) is 25.3 Å². The predicted molar refractivity (Wildman–Crippen MR) is 108 cm³/mol. The average molecular weight is 397 g/mol. The zero-order valence-corrected chi connectivity index (χ0v) is 16.2. The van der Waals surface area contributed by atoms with Crippen molar-refractivity contribution in [1.29, 1.82) is 0 Å². The van der Waals surface area contributed by atoms with Crippen LogP contribution in [0.25, 0.3) is 0 Å². The number of halogens is 1. The lowest BCUT2D eigenvalue weighted by Gasteiger charge is -2.27. The first-order chi connectivity index (χ1) is 14.0. The van der Waals surface area contributed by atoms with Crippen molar-refractivity contribution in [3.05, 3.63) is 53.8 Å². The van der Waals surface area contributed by atoms with Gasteiger partial charge in [-0.3, -0.25) is 9.59 Å². The second-order valence-corrected chi connectivity index (χ2v) is 7.81. The fourth-order valence-corrected chi connectivity index (χ4v) is 4.66. The first kappa shape index (κ1) is 19.4. The number of rotatable bonds is 5. The number of hydrogen-bond donors (Lipinski definition) is 3. The number of ether oxygens (including phenoxy) is 1. The summed E-state index contributed by atoms with van der Waals surface area (Å²) < 4.78 is 18.7. The van der Waals surface area contributed by atoms with Gasteiger partial charge in [0.15, 0.2) is 0 Å². The fourth-order valence-electron chi connectivity index (χ4n) is 4.66. The van der Waals surface area contributed by atoms with Gasteiger partial charge in [0.05, 0.1) is 18.7 Å². The Morgan fingerprint density at radius 2 is 1.90 bits per heavy atom. The van der Waals surface area contributed by atoms with Crippen molar-refractivity contribution in [1.82, 2.24) is 0 Å². The summed E-state index contributed by atoms with van der Waals surface area (Å²) in [4.78, 5) is 25.3. The third kappa shape index (κ3) is 3.82. The zero-order chi connectivity index (χ0) is 20.5. The average Bonchev–Trinajstić information content (AvgIpc) is 3.29. The molecule has 0 heterocycles. The van der Waals surface area contributed by atoms with Gasteiger partial charge in [-0.15, -0.1) is 0 Å². The number of fused-ring (bicyclic) bond motifs is 2. The largest absolute Gasteiger partial charge is 0.495 e. The minimum Gasteiger partial charge on any atom is -0.495 e. The van der Waals surface area contributed by atoms with Crippen LogP contribution in [0.3, 0.4) is 0 Å². The molecule has 2 aromatic carbocycles. The summed E-state index contributed by atoms with van der Waals surface area (Å²) in [6.07, 6.45) is 3.18. The number of hydrogen-bond acceptors (Lipinski definition) is 4. The number of benzene rings is 2. The van der Waals surface area contributed by atoms with Gasteiger partial charge in [-0.25, -0.2) is 4.39 Å². The van der Waals surface area contributed by atoms with Crippen LogP contribution in [-0.2, 0) is 4.79 Å². The van der Waals surface area contributed by atoms with Crippen LogP contribution in [0.15, 0.2) is 42.5 Å². The van der Waals surface area contributed by atoms with Crippen molar-refractivity contribution in [2.75, 3.05) is 17.7 Å². The molecule has 2 aliphatic carbocycles. The second-order valence-electron chi connectivity index (χ2n) is 7.81. The molecule has 0 aliphatic heterocycles. The van der Waals surface area contributed by atoms with Crippen LogP contribution in [0.4, 0.5) is 15.8 Å². The summed E-state index contributed by atoms with van der Waals surface area (Å²) in [7, 11) is 1.49. The van der Waals surface area contributed by atoms with Crippen LogP contribution in [0, 0.1) is 23.6 Å². The van der Waals surface area contributed by atoms with Crippen molar-refractivity contribution < 1.29 is 18.7 Å². The lowest BCUT2D eigenvalue weighted by atomic mass is 9.84. The normalized spacial score (nSPS) is 24.9. The zero-order valence-electron chi connectivity index (χ0n) is 16.2. The fraction of sp³-hybridized carbons (Fsp3) is 0.364. The summed E-state index contributed by atoms with van der Waals surface area (Å²) in [6, 6.07) is 10.3. The number of carbonyl (C=O) groups is 2. The maximum Gasteiger partial charge on any atom is 0.255 e. The molecule has 6 nitrogen and oxygen atoms in total. The molecule has 4 N–H and O–H groups in total. The standard InChI is InChI=1S/C22H24FN3O3/c1-29-18-8-7-16(25-22(28)19-12-5-6-13(9-12)20(19)24)11-17(18)26-21(27)14-3-2-4-15(23)10-14/h2-4,7-8,10-13,19-20H,5-6,9,24H2,1H3,(H,25,28)(H,26,27). The van der Waals surface area contributed by atoms with Crippen molar-refractivity contribution >= 4 is 23.2 Å². The molecule has 0 spiro atoms. The van der Waals surface area contributed by atoms with E-state index in [-0.39, 0.29) is 23.4 Å². The minimum atomic E-state index is -0.493. The monoisotopic (exact) mass is 397 g/mol. The predicted octanol–water partition coefficient (Wildman–Crippen LogP) is 3.40. The van der Waals surface area contributed by atoms with Crippen molar-refractivity contribution in [2.45, 2.75) is 25.3 Å². The Bertz CT molecular complexity index is 947. The van der Waals surface area contributed by atoms with Crippen molar-refractivity contribution in [2.24, 2.45) is 23.5 Å². The van der Waals surface area contributed by atoms with E-state index in [9.17, 15) is 14.0 Å². The third-order valence-corrected chi connectivity index (χ3v) is 6.09. The summed E-state index contributed by atoms with van der Waals surface area (Å²) in [6.45, 7) is 0. The van der Waals surface area contributed by atoms with Crippen LogP contribution in [-0.4, -0.2) is 25.0 Å². The number of carbonyl (C=O) groups excluding carboxylic acids is 2. The van der Waals surface area contributed by atoms with Gasteiger partial charge in [0.25, 0.3) is 5.91 Å². The Kier molecular flexibility index (Phi) is 5.24. The smallest absolute Gasteiger partial charge is 0.255 e. The lowest BCUT2D eigenvalue weighted by molar-refractivity contribution is -0.121. The van der Waals surface area contributed by atoms with Gasteiger partial charge in [-0.1, -0.05) is 6.07 Å². The molecule has 0 radical (unpaired) electrons. The summed E-state index contributed by atoms with van der Waals surface area (Å²) >= 11 is 0. The van der Waals surface area contributed by atoms with E-state index < -0.39 is 11.7 Å². The van der Waals surface area contributed by atoms with Crippen molar-refractivity contribution in [3.63, 3.8) is 0 Å². The van der Waals surface area contributed by atoms with Gasteiger partial charge < -0.3 is 21.1 Å². The summed E-state index contributed by atoms with van der Waals surface area (Å²) in [5.74, 6) is -0.00907. The van der Waals surface area contributed by atoms with E-state index >= 15 is 0 Å². The Hall–Kier alpha value is -2.93. The maximum atomic E-state index is 13.4. The van der Waals surface area contributed by atoms with Crippen LogP contribution >= 0.6 is 0 Å². The molecule has 2 aromatic rings. The second kappa shape index (κ2) is 7.83. The number of anilines is 2. The lowest BCUT2D eigenvalue weighted by Crippen LogP contribution is -2.42. The quantitative estimate of drug-likeness (QED) is 0.721. The molecule has 152 valence electrons. The van der Waals surface area contributed by atoms with Gasteiger partial charge in [-0.05, 0) is 67.5 Å². The number of nitrogens with one attached hydrogen (secondary N) is 2. The van der Waals surface area contributed by atoms with E-state index in [2.05, 4.69) is 10.6 Å². The highest BCUT2D eigenvalue weighted by molar-refractivity contribution is 6.05. The van der Waals surface area contributed by atoms with Gasteiger partial charge in [0, 0.05) is 17.3 Å². The minimum absolute atomic E-state index is 0.0859. The number of methoxy groups -OCH3 is 1. The highest BCUT2D eigenvalue weighted by Crippen LogP contribution is 2.48. The molecule has 4 rings (SSSR count). The molecule has 29 heavy (non-hydrogen) atoms. The molecule has 4 atom stereocenters. The Balaban J connectivity index is 1.51. The van der Waals surface area contributed by atoms with Crippen LogP contribution in [0.1, 0.15) is 29.6 Å². The molecule has 7 heteroatoms. The molecule has 2 bridgehead atoms. The Morgan fingerprint density at radius 1 is 1.10 bits per heavy atom. The SMILES string of the molecule is COc1ccc(NC(=O)C2C3CCC(C3)C2N)cc1NC(=O)c1cccc(F)c1. The molecular formula is C22H24FN3O3. The van der Waals surface area contributed by atoms with E-state index in [4.69, 9.17) is 10.5 Å². The topological polar surface area (TPSA) is 93.4 Å². The van der Waals surface area contributed by atoms with E-state index in [0.717, 1.165) is 25.3 Å².